The van der Waals surface area contributed by atoms with E-state index in [1.54, 1.807) is 0 Å². The standard InChI is InChI=1S/C17H21ClN4O/c1-11(2)17(23)21(3)12-8-9-22(10-12)16-15(18)19-13-6-4-5-7-14(13)20-16/h4-7,11-12H,8-10H2,1-3H3/t12-/m0/s1. The number of carbonyl (C=O) groups excluding carboxylic acids is 1. The highest BCUT2D eigenvalue weighted by molar-refractivity contribution is 6.32. The van der Waals surface area contributed by atoms with Crippen LogP contribution in [0.1, 0.15) is 20.3 Å². The van der Waals surface area contributed by atoms with Gasteiger partial charge in [0.2, 0.25) is 5.91 Å². The number of fused-ring (bicyclic) bond motifs is 1. The molecule has 2 aromatic rings. The molecule has 6 heteroatoms. The van der Waals surface area contributed by atoms with Crippen molar-refractivity contribution in [1.82, 2.24) is 14.9 Å². The highest BCUT2D eigenvalue weighted by Gasteiger charge is 2.31. The Morgan fingerprint density at radius 2 is 1.96 bits per heavy atom. The lowest BCUT2D eigenvalue weighted by molar-refractivity contribution is -0.134. The Morgan fingerprint density at radius 1 is 1.30 bits per heavy atom. The molecule has 3 rings (SSSR count). The second kappa shape index (κ2) is 6.32. The lowest BCUT2D eigenvalue weighted by Gasteiger charge is -2.26. The summed E-state index contributed by atoms with van der Waals surface area (Å²) < 4.78 is 0. The molecule has 1 aliphatic heterocycles. The topological polar surface area (TPSA) is 49.3 Å². The van der Waals surface area contributed by atoms with Crippen molar-refractivity contribution in [2.24, 2.45) is 5.92 Å². The number of likely N-dealkylation sites (N-methyl/N-ethyl adjacent to an activating group) is 1. The van der Waals surface area contributed by atoms with Gasteiger partial charge >= 0.3 is 0 Å². The number of rotatable bonds is 3. The van der Waals surface area contributed by atoms with Gasteiger partial charge in [-0.2, -0.15) is 0 Å². The maximum Gasteiger partial charge on any atom is 0.225 e. The number of hydrogen-bond donors (Lipinski definition) is 0. The first-order valence-electron chi connectivity index (χ1n) is 7.91. The van der Waals surface area contributed by atoms with Gasteiger partial charge in [-0.3, -0.25) is 4.79 Å². The van der Waals surface area contributed by atoms with Crippen molar-refractivity contribution in [2.45, 2.75) is 26.3 Å². The number of carbonyl (C=O) groups is 1. The summed E-state index contributed by atoms with van der Waals surface area (Å²) in [7, 11) is 1.88. The summed E-state index contributed by atoms with van der Waals surface area (Å²) in [5, 5.41) is 0.419. The highest BCUT2D eigenvalue weighted by atomic mass is 35.5. The molecule has 1 aromatic carbocycles. The van der Waals surface area contributed by atoms with Crippen molar-refractivity contribution in [3.8, 4) is 0 Å². The minimum Gasteiger partial charge on any atom is -0.352 e. The average molecular weight is 333 g/mol. The van der Waals surface area contributed by atoms with Crippen molar-refractivity contribution in [3.63, 3.8) is 0 Å². The fraction of sp³-hybridized carbons (Fsp3) is 0.471. The molecule has 0 spiro atoms. The highest BCUT2D eigenvalue weighted by Crippen LogP contribution is 2.28. The Hall–Kier alpha value is -1.88. The van der Waals surface area contributed by atoms with E-state index in [1.165, 1.54) is 0 Å². The van der Waals surface area contributed by atoms with E-state index in [2.05, 4.69) is 14.9 Å². The molecule has 1 amide bonds. The molecule has 0 N–H and O–H groups in total. The van der Waals surface area contributed by atoms with Crippen LogP contribution < -0.4 is 4.90 Å². The molecule has 0 radical (unpaired) electrons. The third-order valence-electron chi connectivity index (χ3n) is 4.36. The molecule has 1 fully saturated rings. The average Bonchev–Trinajstić information content (AvgIpc) is 3.02. The number of nitrogens with zero attached hydrogens (tertiary/aromatic N) is 4. The van der Waals surface area contributed by atoms with Crippen LogP contribution in [0.15, 0.2) is 24.3 Å². The van der Waals surface area contributed by atoms with E-state index in [1.807, 2.05) is 50.1 Å². The van der Waals surface area contributed by atoms with E-state index in [9.17, 15) is 4.79 Å². The first-order valence-corrected chi connectivity index (χ1v) is 8.29. The van der Waals surface area contributed by atoms with Gasteiger partial charge in [0.1, 0.15) is 0 Å². The van der Waals surface area contributed by atoms with Crippen LogP contribution >= 0.6 is 11.6 Å². The minimum atomic E-state index is 0.0121. The van der Waals surface area contributed by atoms with Crippen LogP contribution in [-0.2, 0) is 4.79 Å². The Labute approximate surface area is 141 Å². The van der Waals surface area contributed by atoms with Crippen molar-refractivity contribution < 1.29 is 4.79 Å². The van der Waals surface area contributed by atoms with Crippen LogP contribution in [0, 0.1) is 5.92 Å². The normalized spacial score (nSPS) is 18.0. The van der Waals surface area contributed by atoms with Crippen LogP contribution in [0.2, 0.25) is 5.15 Å². The molecular weight excluding hydrogens is 312 g/mol. The predicted molar refractivity (Wildman–Crippen MR) is 92.8 cm³/mol. The number of hydrogen-bond acceptors (Lipinski definition) is 4. The van der Waals surface area contributed by atoms with Gasteiger partial charge in [-0.15, -0.1) is 0 Å². The molecule has 23 heavy (non-hydrogen) atoms. The molecule has 0 aliphatic carbocycles. The van der Waals surface area contributed by atoms with Gasteiger partial charge < -0.3 is 9.80 Å². The SMILES string of the molecule is CC(C)C(=O)N(C)[C@H]1CCN(c2nc3ccccc3nc2Cl)C1. The number of anilines is 1. The molecule has 1 saturated heterocycles. The monoisotopic (exact) mass is 332 g/mol. The molecular formula is C17H21ClN4O. The summed E-state index contributed by atoms with van der Waals surface area (Å²) in [4.78, 5) is 25.2. The van der Waals surface area contributed by atoms with Crippen LogP contribution in [0.5, 0.6) is 0 Å². The van der Waals surface area contributed by atoms with E-state index in [-0.39, 0.29) is 17.9 Å². The molecule has 0 bridgehead atoms. The third kappa shape index (κ3) is 3.11. The van der Waals surface area contributed by atoms with Gasteiger partial charge in [-0.05, 0) is 18.6 Å². The van der Waals surface area contributed by atoms with E-state index < -0.39 is 0 Å². The Morgan fingerprint density at radius 3 is 2.61 bits per heavy atom. The fourth-order valence-electron chi connectivity index (χ4n) is 3.01. The summed E-state index contributed by atoms with van der Waals surface area (Å²) in [6, 6.07) is 7.89. The third-order valence-corrected chi connectivity index (χ3v) is 4.62. The lowest BCUT2D eigenvalue weighted by atomic mass is 10.1. The first-order chi connectivity index (χ1) is 11.0. The molecule has 5 nitrogen and oxygen atoms in total. The second-order valence-electron chi connectivity index (χ2n) is 6.32. The summed E-state index contributed by atoms with van der Waals surface area (Å²) >= 11 is 6.33. The van der Waals surface area contributed by atoms with Gasteiger partial charge in [0.15, 0.2) is 11.0 Å². The largest absolute Gasteiger partial charge is 0.352 e. The van der Waals surface area contributed by atoms with E-state index in [4.69, 9.17) is 11.6 Å². The molecule has 0 unspecified atom stereocenters. The molecule has 1 aromatic heterocycles. The quantitative estimate of drug-likeness (QED) is 0.867. The van der Waals surface area contributed by atoms with Gasteiger partial charge in [-0.1, -0.05) is 37.6 Å². The van der Waals surface area contributed by atoms with Crippen LogP contribution in [-0.4, -0.2) is 47.0 Å². The van der Waals surface area contributed by atoms with Crippen LogP contribution in [0.3, 0.4) is 0 Å². The summed E-state index contributed by atoms with van der Waals surface area (Å²) in [6.45, 7) is 5.42. The van der Waals surface area contributed by atoms with Gasteiger partial charge in [0, 0.05) is 26.1 Å². The Balaban J connectivity index is 1.81. The van der Waals surface area contributed by atoms with Crippen LogP contribution in [0.25, 0.3) is 11.0 Å². The smallest absolute Gasteiger partial charge is 0.225 e. The Kier molecular flexibility index (Phi) is 4.39. The maximum absolute atomic E-state index is 12.2. The number of para-hydroxylation sites is 2. The number of benzene rings is 1. The second-order valence-corrected chi connectivity index (χ2v) is 6.68. The zero-order valence-electron chi connectivity index (χ0n) is 13.7. The van der Waals surface area contributed by atoms with Crippen molar-refractivity contribution in [3.05, 3.63) is 29.4 Å². The van der Waals surface area contributed by atoms with Gasteiger partial charge in [-0.25, -0.2) is 9.97 Å². The molecule has 0 saturated carbocycles. The summed E-state index contributed by atoms with van der Waals surface area (Å²) in [6.07, 6.45) is 0.916. The Bertz CT molecular complexity index is 734. The van der Waals surface area contributed by atoms with Crippen molar-refractivity contribution in [2.75, 3.05) is 25.0 Å². The number of aromatic nitrogens is 2. The predicted octanol–water partition coefficient (Wildman–Crippen LogP) is 2.98. The number of halogens is 1. The maximum atomic E-state index is 12.2. The molecule has 1 aliphatic rings. The fourth-order valence-corrected chi connectivity index (χ4v) is 3.26. The van der Waals surface area contributed by atoms with E-state index >= 15 is 0 Å². The van der Waals surface area contributed by atoms with Gasteiger partial charge in [0.05, 0.1) is 17.1 Å². The molecule has 1 atom stereocenters. The zero-order chi connectivity index (χ0) is 16.6. The summed E-state index contributed by atoms with van der Waals surface area (Å²) in [5.41, 5.74) is 1.63. The zero-order valence-corrected chi connectivity index (χ0v) is 14.4. The molecule has 122 valence electrons. The van der Waals surface area contributed by atoms with Crippen molar-refractivity contribution in [1.29, 1.82) is 0 Å². The van der Waals surface area contributed by atoms with Crippen molar-refractivity contribution >= 4 is 34.4 Å². The molecule has 2 heterocycles. The number of amides is 1. The summed E-state index contributed by atoms with van der Waals surface area (Å²) in [5.74, 6) is 0.893. The minimum absolute atomic E-state index is 0.0121. The lowest BCUT2D eigenvalue weighted by Crippen LogP contribution is -2.41. The van der Waals surface area contributed by atoms with E-state index in [0.29, 0.717) is 11.0 Å². The van der Waals surface area contributed by atoms with Crippen LogP contribution in [0.4, 0.5) is 5.82 Å². The van der Waals surface area contributed by atoms with Gasteiger partial charge in [0.25, 0.3) is 0 Å². The first kappa shape index (κ1) is 16.0. The van der Waals surface area contributed by atoms with E-state index in [0.717, 1.165) is 30.5 Å².